The van der Waals surface area contributed by atoms with Crippen molar-refractivity contribution in [1.29, 1.82) is 5.26 Å². The lowest BCUT2D eigenvalue weighted by Gasteiger charge is -2.37. The van der Waals surface area contributed by atoms with Crippen molar-refractivity contribution in [3.63, 3.8) is 0 Å². The van der Waals surface area contributed by atoms with E-state index in [1.807, 2.05) is 16.7 Å². The summed E-state index contributed by atoms with van der Waals surface area (Å²) in [7, 11) is -3.22. The number of hydrogen-bond donors (Lipinski definition) is 2. The second kappa shape index (κ2) is 13.2. The van der Waals surface area contributed by atoms with Gasteiger partial charge in [-0.2, -0.15) is 22.7 Å². The Morgan fingerprint density at radius 1 is 1.11 bits per heavy atom. The number of aromatic nitrogens is 3. The third kappa shape index (κ3) is 7.65. The van der Waals surface area contributed by atoms with Gasteiger partial charge in [-0.1, -0.05) is 0 Å². The number of nitrogens with one attached hydrogen (secondary N) is 1. The standard InChI is InChI=1S/C31H37F3N8O3S2/c1-20(40-7-9-41(10-8-40)47(2,44)45)17-42-24(16-35)12-21-11-22(28(43)14-27(21)42)18-39-5-3-23(4-6-39)38-29-26-13-25(15-31(32,33)34)46-30(26)37-19-36-29/h11-14,19-20,23,43H,3-10,15,17-18H2,1-2H3,(H,36,37,38)/t20-/m0/s1. The highest BCUT2D eigenvalue weighted by Crippen LogP contribution is 2.34. The Morgan fingerprint density at radius 2 is 1.83 bits per heavy atom. The van der Waals surface area contributed by atoms with Gasteiger partial charge in [-0.25, -0.2) is 18.4 Å². The Kier molecular flexibility index (Phi) is 9.38. The van der Waals surface area contributed by atoms with E-state index in [4.69, 9.17) is 0 Å². The van der Waals surface area contributed by atoms with Crippen molar-refractivity contribution >= 4 is 48.3 Å². The van der Waals surface area contributed by atoms with Crippen molar-refractivity contribution < 1.29 is 26.7 Å². The number of aromatic hydroxyl groups is 1. The number of rotatable bonds is 9. The topological polar surface area (TPSA) is 131 Å². The van der Waals surface area contributed by atoms with Gasteiger partial charge in [-0.15, -0.1) is 11.3 Å². The van der Waals surface area contributed by atoms with Crippen LogP contribution in [0.3, 0.4) is 0 Å². The van der Waals surface area contributed by atoms with Gasteiger partial charge < -0.3 is 15.0 Å². The van der Waals surface area contributed by atoms with Crippen LogP contribution in [0.25, 0.3) is 21.1 Å². The zero-order valence-corrected chi connectivity index (χ0v) is 27.8. The predicted octanol–water partition coefficient (Wildman–Crippen LogP) is 4.37. The molecule has 0 aliphatic carbocycles. The number of anilines is 1. The van der Waals surface area contributed by atoms with Crippen LogP contribution in [0, 0.1) is 11.3 Å². The van der Waals surface area contributed by atoms with E-state index < -0.39 is 22.6 Å². The average Bonchev–Trinajstić information content (AvgIpc) is 3.57. The molecule has 5 heterocycles. The molecule has 6 rings (SSSR count). The van der Waals surface area contributed by atoms with Gasteiger partial charge in [0.2, 0.25) is 10.0 Å². The Bertz CT molecular complexity index is 1900. The van der Waals surface area contributed by atoms with Gasteiger partial charge in [0.15, 0.2) is 0 Å². The molecule has 3 aromatic heterocycles. The van der Waals surface area contributed by atoms with E-state index in [-0.39, 0.29) is 22.7 Å². The number of piperazine rings is 1. The van der Waals surface area contributed by atoms with E-state index in [1.165, 1.54) is 23.0 Å². The van der Waals surface area contributed by atoms with Gasteiger partial charge in [0, 0.05) is 86.3 Å². The number of phenols is 1. The minimum absolute atomic E-state index is 0.0521. The molecule has 2 fully saturated rings. The fourth-order valence-electron chi connectivity index (χ4n) is 6.59. The molecule has 16 heteroatoms. The minimum atomic E-state index is -4.28. The number of alkyl halides is 3. The smallest absolute Gasteiger partial charge is 0.393 e. The first kappa shape index (κ1) is 33.4. The number of likely N-dealkylation sites (tertiary alicyclic amines) is 1. The molecule has 47 heavy (non-hydrogen) atoms. The number of halogens is 3. The Hall–Kier alpha value is -3.49. The van der Waals surface area contributed by atoms with E-state index in [1.54, 1.807) is 6.07 Å². The van der Waals surface area contributed by atoms with Crippen molar-refractivity contribution in [2.24, 2.45) is 0 Å². The summed E-state index contributed by atoms with van der Waals surface area (Å²) in [4.78, 5) is 13.7. The molecule has 0 saturated carbocycles. The van der Waals surface area contributed by atoms with Crippen LogP contribution >= 0.6 is 11.3 Å². The highest BCUT2D eigenvalue weighted by atomic mass is 32.2. The van der Waals surface area contributed by atoms with Gasteiger partial charge in [0.25, 0.3) is 0 Å². The molecule has 0 radical (unpaired) electrons. The fourth-order valence-corrected chi connectivity index (χ4v) is 8.44. The summed E-state index contributed by atoms with van der Waals surface area (Å²) in [6.45, 7) is 6.71. The first-order chi connectivity index (χ1) is 22.3. The molecule has 252 valence electrons. The van der Waals surface area contributed by atoms with Gasteiger partial charge in [0.1, 0.15) is 34.5 Å². The van der Waals surface area contributed by atoms with Gasteiger partial charge in [-0.3, -0.25) is 9.80 Å². The van der Waals surface area contributed by atoms with Crippen LogP contribution in [-0.4, -0.2) is 106 Å². The highest BCUT2D eigenvalue weighted by Gasteiger charge is 2.30. The molecule has 2 aliphatic heterocycles. The number of sulfonamides is 1. The number of thiophene rings is 1. The summed E-state index contributed by atoms with van der Waals surface area (Å²) in [6.07, 6.45) is -1.09. The fraction of sp³-hybridized carbons (Fsp3) is 0.516. The van der Waals surface area contributed by atoms with Gasteiger partial charge in [0.05, 0.1) is 23.6 Å². The number of phenolic OH excluding ortho intramolecular Hbond substituents is 1. The molecule has 0 amide bonds. The van der Waals surface area contributed by atoms with Crippen molar-refractivity contribution in [3.8, 4) is 11.8 Å². The van der Waals surface area contributed by atoms with Gasteiger partial charge >= 0.3 is 6.18 Å². The van der Waals surface area contributed by atoms with Crippen LogP contribution in [0.4, 0.5) is 19.0 Å². The molecule has 2 aliphatic rings. The number of nitriles is 1. The molecule has 11 nitrogen and oxygen atoms in total. The van der Waals surface area contributed by atoms with Crippen LogP contribution in [0.15, 0.2) is 30.6 Å². The van der Waals surface area contributed by atoms with Crippen LogP contribution in [-0.2, 0) is 29.5 Å². The number of nitrogens with zero attached hydrogens (tertiary/aromatic N) is 7. The Morgan fingerprint density at radius 3 is 2.49 bits per heavy atom. The van der Waals surface area contributed by atoms with Crippen molar-refractivity contribution in [1.82, 2.24) is 28.6 Å². The average molecular weight is 691 g/mol. The quantitative estimate of drug-likeness (QED) is 0.263. The number of benzene rings is 1. The lowest BCUT2D eigenvalue weighted by atomic mass is 10.0. The monoisotopic (exact) mass is 690 g/mol. The summed E-state index contributed by atoms with van der Waals surface area (Å²) in [5.74, 6) is 0.705. The van der Waals surface area contributed by atoms with E-state index in [0.717, 1.165) is 53.7 Å². The minimum Gasteiger partial charge on any atom is -0.508 e. The SMILES string of the molecule is C[C@@H](Cn1c(C#N)cc2cc(CN3CCC(Nc4ncnc5sc(CC(F)(F)F)cc45)CC3)c(O)cc21)N1CCN(S(C)(=O)=O)CC1. The zero-order valence-electron chi connectivity index (χ0n) is 26.2. The van der Waals surface area contributed by atoms with E-state index in [0.29, 0.717) is 61.0 Å². The van der Waals surface area contributed by atoms with Crippen LogP contribution < -0.4 is 5.32 Å². The summed E-state index contributed by atoms with van der Waals surface area (Å²) in [5, 5.41) is 25.9. The highest BCUT2D eigenvalue weighted by molar-refractivity contribution is 7.88. The molecule has 0 spiro atoms. The van der Waals surface area contributed by atoms with Crippen molar-refractivity contribution in [2.75, 3.05) is 50.8 Å². The largest absolute Gasteiger partial charge is 0.508 e. The normalized spacial score (nSPS) is 18.6. The summed E-state index contributed by atoms with van der Waals surface area (Å²) in [5.41, 5.74) is 2.04. The summed E-state index contributed by atoms with van der Waals surface area (Å²) in [6, 6.07) is 9.46. The zero-order chi connectivity index (χ0) is 33.5. The van der Waals surface area contributed by atoms with Crippen LogP contribution in [0.1, 0.15) is 35.9 Å². The molecular formula is C31H37F3N8O3S2. The molecular weight excluding hydrogens is 654 g/mol. The molecule has 0 unspecified atom stereocenters. The first-order valence-corrected chi connectivity index (χ1v) is 18.2. The molecule has 0 bridgehead atoms. The lowest BCUT2D eigenvalue weighted by Crippen LogP contribution is -2.51. The summed E-state index contributed by atoms with van der Waals surface area (Å²) < 4.78 is 66.0. The maximum Gasteiger partial charge on any atom is 0.393 e. The number of hydrogen-bond acceptors (Lipinski definition) is 10. The molecule has 2 N–H and O–H groups in total. The Balaban J connectivity index is 1.08. The van der Waals surface area contributed by atoms with Crippen LogP contribution in [0.2, 0.25) is 0 Å². The summed E-state index contributed by atoms with van der Waals surface area (Å²) >= 11 is 1.03. The maximum absolute atomic E-state index is 12.9. The number of piperidine rings is 1. The molecule has 1 aromatic carbocycles. The van der Waals surface area contributed by atoms with Crippen LogP contribution in [0.5, 0.6) is 5.75 Å². The second-order valence-corrected chi connectivity index (χ2v) is 15.6. The predicted molar refractivity (Wildman–Crippen MR) is 175 cm³/mol. The maximum atomic E-state index is 12.9. The molecule has 1 atom stereocenters. The van der Waals surface area contributed by atoms with E-state index >= 15 is 0 Å². The lowest BCUT2D eigenvalue weighted by molar-refractivity contribution is -0.126. The van der Waals surface area contributed by atoms with E-state index in [9.17, 15) is 32.0 Å². The second-order valence-electron chi connectivity index (χ2n) is 12.5. The van der Waals surface area contributed by atoms with Crippen molar-refractivity contribution in [2.45, 2.75) is 57.5 Å². The molecule has 4 aromatic rings. The van der Waals surface area contributed by atoms with Crippen molar-refractivity contribution in [3.05, 3.63) is 46.7 Å². The van der Waals surface area contributed by atoms with E-state index in [2.05, 4.69) is 38.1 Å². The first-order valence-electron chi connectivity index (χ1n) is 15.5. The van der Waals surface area contributed by atoms with Gasteiger partial charge in [-0.05, 0) is 38.0 Å². The molecule has 2 saturated heterocycles. The third-order valence-electron chi connectivity index (χ3n) is 9.11. The Labute approximate surface area is 275 Å². The third-order valence-corrected chi connectivity index (χ3v) is 11.5. The number of fused-ring (bicyclic) bond motifs is 2.